The van der Waals surface area contributed by atoms with Gasteiger partial charge >= 0.3 is 0 Å². The summed E-state index contributed by atoms with van der Waals surface area (Å²) in [7, 11) is 0. The van der Waals surface area contributed by atoms with Gasteiger partial charge in [-0.1, -0.05) is 24.8 Å². The minimum absolute atomic E-state index is 0.216. The molecule has 0 aromatic heterocycles. The van der Waals surface area contributed by atoms with Crippen LogP contribution in [0.3, 0.4) is 0 Å². The number of anilines is 1. The van der Waals surface area contributed by atoms with Gasteiger partial charge in [0.1, 0.15) is 5.82 Å². The van der Waals surface area contributed by atoms with E-state index in [4.69, 9.17) is 5.84 Å². The molecule has 4 heteroatoms. The standard InChI is InChI=1S/C21H24FN3/c1-3-18-17(14-24-23)12-16(21-15(2)8-7-9-19(21)22)13-20(18)25-10-5-4-6-11-25/h3,7-9,12-14H,1,4-6,10-11,23H2,2H3/b24-14-. The molecule has 1 fully saturated rings. The van der Waals surface area contributed by atoms with Crippen molar-refractivity contribution in [3.05, 3.63) is 59.4 Å². The number of nitrogens with two attached hydrogens (primary N) is 1. The zero-order valence-electron chi connectivity index (χ0n) is 14.6. The van der Waals surface area contributed by atoms with E-state index >= 15 is 0 Å². The van der Waals surface area contributed by atoms with Gasteiger partial charge in [0.05, 0.1) is 6.21 Å². The van der Waals surface area contributed by atoms with E-state index < -0.39 is 0 Å². The van der Waals surface area contributed by atoms with Crippen molar-refractivity contribution >= 4 is 18.0 Å². The molecule has 25 heavy (non-hydrogen) atoms. The molecule has 0 amide bonds. The summed E-state index contributed by atoms with van der Waals surface area (Å²) in [5.41, 5.74) is 5.31. The lowest BCUT2D eigenvalue weighted by Crippen LogP contribution is -2.30. The number of piperidine rings is 1. The van der Waals surface area contributed by atoms with Crippen LogP contribution in [0.2, 0.25) is 0 Å². The Morgan fingerprint density at radius 3 is 2.60 bits per heavy atom. The monoisotopic (exact) mass is 337 g/mol. The molecule has 0 radical (unpaired) electrons. The molecule has 0 aliphatic carbocycles. The Kier molecular flexibility index (Phi) is 5.17. The summed E-state index contributed by atoms with van der Waals surface area (Å²) >= 11 is 0. The van der Waals surface area contributed by atoms with Gasteiger partial charge in [-0.05, 0) is 55.5 Å². The number of aryl methyl sites for hydroxylation is 1. The van der Waals surface area contributed by atoms with Crippen LogP contribution in [-0.2, 0) is 0 Å². The molecule has 0 unspecified atom stereocenters. The van der Waals surface area contributed by atoms with Crippen LogP contribution in [0, 0.1) is 12.7 Å². The van der Waals surface area contributed by atoms with Gasteiger partial charge in [-0.15, -0.1) is 0 Å². The van der Waals surface area contributed by atoms with Crippen molar-refractivity contribution in [2.45, 2.75) is 26.2 Å². The van der Waals surface area contributed by atoms with E-state index in [9.17, 15) is 4.39 Å². The molecular weight excluding hydrogens is 313 g/mol. The fourth-order valence-corrected chi connectivity index (χ4v) is 3.61. The Labute approximate surface area is 148 Å². The lowest BCUT2D eigenvalue weighted by Gasteiger charge is -2.31. The van der Waals surface area contributed by atoms with Crippen molar-refractivity contribution in [2.24, 2.45) is 10.9 Å². The maximum absolute atomic E-state index is 14.5. The molecule has 3 rings (SSSR count). The predicted molar refractivity (Wildman–Crippen MR) is 105 cm³/mol. The highest BCUT2D eigenvalue weighted by atomic mass is 19.1. The van der Waals surface area contributed by atoms with Crippen LogP contribution in [0.5, 0.6) is 0 Å². The molecule has 2 aromatic carbocycles. The number of hydrogen-bond acceptors (Lipinski definition) is 3. The number of nitrogens with zero attached hydrogens (tertiary/aromatic N) is 2. The average molecular weight is 337 g/mol. The van der Waals surface area contributed by atoms with Gasteiger partial charge in [-0.3, -0.25) is 0 Å². The maximum Gasteiger partial charge on any atom is 0.131 e. The van der Waals surface area contributed by atoms with Crippen LogP contribution in [0.1, 0.15) is 36.0 Å². The Morgan fingerprint density at radius 1 is 1.20 bits per heavy atom. The quantitative estimate of drug-likeness (QED) is 0.498. The minimum Gasteiger partial charge on any atom is -0.371 e. The van der Waals surface area contributed by atoms with Crippen LogP contribution in [0.4, 0.5) is 10.1 Å². The largest absolute Gasteiger partial charge is 0.371 e. The van der Waals surface area contributed by atoms with E-state index in [0.717, 1.165) is 41.0 Å². The summed E-state index contributed by atoms with van der Waals surface area (Å²) in [6.45, 7) is 7.89. The Morgan fingerprint density at radius 2 is 1.96 bits per heavy atom. The van der Waals surface area contributed by atoms with E-state index in [1.165, 1.54) is 25.3 Å². The zero-order chi connectivity index (χ0) is 17.8. The number of halogens is 1. The first-order chi connectivity index (χ1) is 12.2. The molecular formula is C21H24FN3. The molecule has 2 N–H and O–H groups in total. The SMILES string of the molecule is C=Cc1c(/C=N\N)cc(-c2c(C)cccc2F)cc1N1CCCCC1. The van der Waals surface area contributed by atoms with Crippen molar-refractivity contribution in [1.82, 2.24) is 0 Å². The number of hydrogen-bond donors (Lipinski definition) is 1. The zero-order valence-corrected chi connectivity index (χ0v) is 14.6. The summed E-state index contributed by atoms with van der Waals surface area (Å²) in [6.07, 6.45) is 7.03. The van der Waals surface area contributed by atoms with Gasteiger partial charge in [-0.2, -0.15) is 5.10 Å². The van der Waals surface area contributed by atoms with E-state index in [-0.39, 0.29) is 5.82 Å². The Hall–Kier alpha value is -2.62. The molecule has 1 heterocycles. The highest BCUT2D eigenvalue weighted by molar-refractivity contribution is 5.93. The molecule has 1 aliphatic rings. The lowest BCUT2D eigenvalue weighted by atomic mass is 9.93. The van der Waals surface area contributed by atoms with Crippen LogP contribution < -0.4 is 10.7 Å². The number of hydrazone groups is 1. The van der Waals surface area contributed by atoms with Crippen molar-refractivity contribution in [3.63, 3.8) is 0 Å². The minimum atomic E-state index is -0.216. The van der Waals surface area contributed by atoms with E-state index in [1.54, 1.807) is 12.3 Å². The van der Waals surface area contributed by atoms with Crippen molar-refractivity contribution in [3.8, 4) is 11.1 Å². The maximum atomic E-state index is 14.5. The summed E-state index contributed by atoms with van der Waals surface area (Å²) in [6, 6.07) is 9.17. The van der Waals surface area contributed by atoms with Crippen LogP contribution >= 0.6 is 0 Å². The summed E-state index contributed by atoms with van der Waals surface area (Å²) < 4.78 is 14.5. The summed E-state index contributed by atoms with van der Waals surface area (Å²) in [4.78, 5) is 2.36. The summed E-state index contributed by atoms with van der Waals surface area (Å²) in [5, 5.41) is 3.70. The van der Waals surface area contributed by atoms with Crippen LogP contribution in [-0.4, -0.2) is 19.3 Å². The van der Waals surface area contributed by atoms with Crippen LogP contribution in [0.15, 0.2) is 42.0 Å². The highest BCUT2D eigenvalue weighted by Crippen LogP contribution is 2.35. The third-order valence-corrected chi connectivity index (χ3v) is 4.82. The molecule has 0 saturated carbocycles. The molecule has 0 spiro atoms. The van der Waals surface area contributed by atoms with Gasteiger partial charge in [-0.25, -0.2) is 4.39 Å². The molecule has 2 aromatic rings. The highest BCUT2D eigenvalue weighted by Gasteiger charge is 2.18. The molecule has 130 valence electrons. The third kappa shape index (κ3) is 3.43. The van der Waals surface area contributed by atoms with Gasteiger partial charge < -0.3 is 10.7 Å². The first-order valence-electron chi connectivity index (χ1n) is 8.70. The smallest absolute Gasteiger partial charge is 0.131 e. The molecule has 0 bridgehead atoms. The Balaban J connectivity index is 2.23. The van der Waals surface area contributed by atoms with Crippen molar-refractivity contribution < 1.29 is 4.39 Å². The average Bonchev–Trinajstić information content (AvgIpc) is 2.62. The summed E-state index contributed by atoms with van der Waals surface area (Å²) in [5.74, 6) is 5.19. The molecule has 1 aliphatic heterocycles. The second kappa shape index (κ2) is 7.51. The van der Waals surface area contributed by atoms with Gasteiger partial charge in [0.2, 0.25) is 0 Å². The topological polar surface area (TPSA) is 41.6 Å². The van der Waals surface area contributed by atoms with Crippen LogP contribution in [0.25, 0.3) is 17.2 Å². The van der Waals surface area contributed by atoms with E-state index in [1.807, 2.05) is 25.1 Å². The normalized spacial score (nSPS) is 14.9. The fraction of sp³-hybridized carbons (Fsp3) is 0.286. The van der Waals surface area contributed by atoms with E-state index in [0.29, 0.717) is 5.56 Å². The van der Waals surface area contributed by atoms with Crippen molar-refractivity contribution in [1.29, 1.82) is 0 Å². The first-order valence-corrected chi connectivity index (χ1v) is 8.70. The molecule has 1 saturated heterocycles. The third-order valence-electron chi connectivity index (χ3n) is 4.82. The number of rotatable bonds is 4. The first kappa shape index (κ1) is 17.2. The second-order valence-corrected chi connectivity index (χ2v) is 6.46. The predicted octanol–water partition coefficient (Wildman–Crippen LogP) is 4.73. The van der Waals surface area contributed by atoms with E-state index in [2.05, 4.69) is 22.6 Å². The van der Waals surface area contributed by atoms with Gasteiger partial charge in [0, 0.05) is 35.5 Å². The molecule has 3 nitrogen and oxygen atoms in total. The van der Waals surface area contributed by atoms with Gasteiger partial charge in [0.25, 0.3) is 0 Å². The Bertz CT molecular complexity index is 785. The second-order valence-electron chi connectivity index (χ2n) is 6.46. The number of benzene rings is 2. The molecule has 0 atom stereocenters. The fourth-order valence-electron chi connectivity index (χ4n) is 3.61. The van der Waals surface area contributed by atoms with Gasteiger partial charge in [0.15, 0.2) is 0 Å². The lowest BCUT2D eigenvalue weighted by molar-refractivity contribution is 0.577. The van der Waals surface area contributed by atoms with Crippen molar-refractivity contribution in [2.75, 3.05) is 18.0 Å².